The van der Waals surface area contributed by atoms with E-state index in [9.17, 15) is 16.8 Å². The molecular formula is C15H22O9S2. The summed E-state index contributed by atoms with van der Waals surface area (Å²) in [6.45, 7) is -0.216. The normalized spacial score (nSPS) is 26.9. The molecule has 0 radical (unpaired) electrons. The van der Waals surface area contributed by atoms with Crippen molar-refractivity contribution in [3.63, 3.8) is 0 Å². The van der Waals surface area contributed by atoms with Gasteiger partial charge >= 0.3 is 0 Å². The second-order valence-corrected chi connectivity index (χ2v) is 9.04. The van der Waals surface area contributed by atoms with Crippen LogP contribution in [0.1, 0.15) is 5.56 Å². The second-order valence-electron chi connectivity index (χ2n) is 5.79. The van der Waals surface area contributed by atoms with E-state index >= 15 is 0 Å². The Morgan fingerprint density at radius 3 is 2.19 bits per heavy atom. The Labute approximate surface area is 153 Å². The van der Waals surface area contributed by atoms with Gasteiger partial charge in [0.25, 0.3) is 20.2 Å². The van der Waals surface area contributed by atoms with Crippen LogP contribution in [0, 0.1) is 0 Å². The van der Waals surface area contributed by atoms with Crippen LogP contribution < -0.4 is 0 Å². The first-order valence-electron chi connectivity index (χ1n) is 7.65. The summed E-state index contributed by atoms with van der Waals surface area (Å²) in [4.78, 5) is 0. The molecule has 0 N–H and O–H groups in total. The van der Waals surface area contributed by atoms with Gasteiger partial charge in [0.05, 0.1) is 25.7 Å². The zero-order valence-corrected chi connectivity index (χ0v) is 16.2. The first-order chi connectivity index (χ1) is 12.1. The van der Waals surface area contributed by atoms with Crippen LogP contribution in [0.15, 0.2) is 30.3 Å². The third-order valence-electron chi connectivity index (χ3n) is 3.52. The van der Waals surface area contributed by atoms with E-state index in [1.54, 1.807) is 0 Å². The lowest BCUT2D eigenvalue weighted by Gasteiger charge is -2.23. The van der Waals surface area contributed by atoms with Gasteiger partial charge in [-0.25, -0.2) is 0 Å². The maximum atomic E-state index is 11.6. The van der Waals surface area contributed by atoms with Crippen LogP contribution in [0.3, 0.4) is 0 Å². The molecule has 1 aromatic rings. The molecule has 1 fully saturated rings. The summed E-state index contributed by atoms with van der Waals surface area (Å²) in [5.41, 5.74) is 0.842. The minimum atomic E-state index is -3.83. The Hall–Kier alpha value is -1.08. The van der Waals surface area contributed by atoms with Crippen LogP contribution in [-0.4, -0.2) is 67.7 Å². The number of hydrogen-bond donors (Lipinski definition) is 0. The summed E-state index contributed by atoms with van der Waals surface area (Å²) in [5.74, 6) is 0. The average Bonchev–Trinajstić information content (AvgIpc) is 2.86. The van der Waals surface area contributed by atoms with Crippen LogP contribution in [0.2, 0.25) is 0 Å². The molecule has 4 atom stereocenters. The maximum absolute atomic E-state index is 11.6. The Bertz CT molecular complexity index is 777. The Morgan fingerprint density at radius 1 is 1.00 bits per heavy atom. The third-order valence-corrected chi connectivity index (χ3v) is 4.65. The molecule has 0 aromatic heterocycles. The van der Waals surface area contributed by atoms with E-state index in [1.165, 1.54) is 7.11 Å². The Kier molecular flexibility index (Phi) is 7.13. The van der Waals surface area contributed by atoms with Crippen molar-refractivity contribution < 1.29 is 39.4 Å². The van der Waals surface area contributed by atoms with Crippen LogP contribution in [0.25, 0.3) is 0 Å². The fraction of sp³-hybridized carbons (Fsp3) is 0.600. The van der Waals surface area contributed by atoms with Crippen molar-refractivity contribution in [2.45, 2.75) is 31.2 Å². The third kappa shape index (κ3) is 6.58. The number of rotatable bonds is 9. The van der Waals surface area contributed by atoms with Crippen molar-refractivity contribution in [2.75, 3.05) is 26.2 Å². The zero-order valence-electron chi connectivity index (χ0n) is 14.6. The first-order valence-corrected chi connectivity index (χ1v) is 11.3. The molecule has 0 bridgehead atoms. The Morgan fingerprint density at radius 2 is 1.65 bits per heavy atom. The molecule has 148 valence electrons. The van der Waals surface area contributed by atoms with Gasteiger partial charge in [-0.15, -0.1) is 0 Å². The summed E-state index contributed by atoms with van der Waals surface area (Å²) in [5, 5.41) is 0. The minimum absolute atomic E-state index is 0.143. The van der Waals surface area contributed by atoms with E-state index in [4.69, 9.17) is 22.6 Å². The highest BCUT2D eigenvalue weighted by Gasteiger charge is 2.49. The molecule has 0 spiro atoms. The van der Waals surface area contributed by atoms with Crippen molar-refractivity contribution in [1.29, 1.82) is 0 Å². The number of methoxy groups -OCH3 is 1. The fourth-order valence-corrected chi connectivity index (χ4v) is 3.46. The van der Waals surface area contributed by atoms with E-state index in [0.29, 0.717) is 0 Å². The largest absolute Gasteiger partial charge is 0.368 e. The van der Waals surface area contributed by atoms with Gasteiger partial charge in [-0.1, -0.05) is 30.3 Å². The summed E-state index contributed by atoms with van der Waals surface area (Å²) in [7, 11) is -6.23. The number of benzene rings is 1. The SMILES string of the molecule is CO[C@H]1O[C@H](COS(C)(=O)=O)[C@H](OCc2ccccc2)[C@H]1OS(C)(=O)=O. The van der Waals surface area contributed by atoms with E-state index in [1.807, 2.05) is 30.3 Å². The van der Waals surface area contributed by atoms with Gasteiger partial charge in [-0.05, 0) is 5.56 Å². The quantitative estimate of drug-likeness (QED) is 0.529. The predicted octanol–water partition coefficient (Wildman–Crippen LogP) is 0.264. The van der Waals surface area contributed by atoms with Gasteiger partial charge in [0, 0.05) is 7.11 Å². The first kappa shape index (κ1) is 21.2. The molecule has 1 saturated heterocycles. The lowest BCUT2D eigenvalue weighted by atomic mass is 10.1. The summed E-state index contributed by atoms with van der Waals surface area (Å²) >= 11 is 0. The van der Waals surface area contributed by atoms with Crippen molar-refractivity contribution in [1.82, 2.24) is 0 Å². The second kappa shape index (κ2) is 8.74. The molecule has 9 nitrogen and oxygen atoms in total. The highest BCUT2D eigenvalue weighted by atomic mass is 32.2. The molecule has 1 aliphatic heterocycles. The molecule has 1 heterocycles. The van der Waals surface area contributed by atoms with Gasteiger partial charge in [-0.3, -0.25) is 8.37 Å². The zero-order chi connectivity index (χ0) is 19.4. The maximum Gasteiger partial charge on any atom is 0.264 e. The minimum Gasteiger partial charge on any atom is -0.368 e. The van der Waals surface area contributed by atoms with E-state index in [-0.39, 0.29) is 13.2 Å². The van der Waals surface area contributed by atoms with E-state index in [0.717, 1.165) is 18.1 Å². The molecule has 1 aromatic carbocycles. The lowest BCUT2D eigenvalue weighted by Crippen LogP contribution is -2.40. The van der Waals surface area contributed by atoms with Gasteiger partial charge in [0.15, 0.2) is 12.4 Å². The van der Waals surface area contributed by atoms with Crippen molar-refractivity contribution in [3.05, 3.63) is 35.9 Å². The van der Waals surface area contributed by atoms with Crippen LogP contribution >= 0.6 is 0 Å². The smallest absolute Gasteiger partial charge is 0.264 e. The lowest BCUT2D eigenvalue weighted by molar-refractivity contribution is -0.146. The van der Waals surface area contributed by atoms with Crippen molar-refractivity contribution in [3.8, 4) is 0 Å². The van der Waals surface area contributed by atoms with Crippen molar-refractivity contribution >= 4 is 20.2 Å². The molecule has 11 heteroatoms. The van der Waals surface area contributed by atoms with Gasteiger partial charge in [0.2, 0.25) is 0 Å². The molecule has 0 saturated carbocycles. The topological polar surface area (TPSA) is 114 Å². The van der Waals surface area contributed by atoms with Gasteiger partial charge in [-0.2, -0.15) is 16.8 Å². The molecule has 0 unspecified atom stereocenters. The fourth-order valence-electron chi connectivity index (χ4n) is 2.48. The summed E-state index contributed by atoms with van der Waals surface area (Å²) in [6.07, 6.45) is -2.18. The highest BCUT2D eigenvalue weighted by molar-refractivity contribution is 7.86. The molecular weight excluding hydrogens is 388 g/mol. The van der Waals surface area contributed by atoms with Crippen LogP contribution in [0.4, 0.5) is 0 Å². The van der Waals surface area contributed by atoms with E-state index < -0.39 is 44.8 Å². The van der Waals surface area contributed by atoms with E-state index in [2.05, 4.69) is 0 Å². The standard InChI is InChI=1S/C15H22O9S2/c1-20-15-14(24-26(3,18)19)13(12(23-15)10-22-25(2,16)17)21-9-11-7-5-4-6-8-11/h4-8,12-15H,9-10H2,1-3H3/t12-,13+,14-,15+/m1/s1. The van der Waals surface area contributed by atoms with Gasteiger partial charge in [0.1, 0.15) is 12.2 Å². The predicted molar refractivity (Wildman–Crippen MR) is 91.2 cm³/mol. The highest BCUT2D eigenvalue weighted by Crippen LogP contribution is 2.29. The number of ether oxygens (including phenoxy) is 3. The molecule has 1 aliphatic rings. The number of hydrogen-bond acceptors (Lipinski definition) is 9. The van der Waals surface area contributed by atoms with Crippen molar-refractivity contribution in [2.24, 2.45) is 0 Å². The summed E-state index contributed by atoms with van der Waals surface area (Å²) < 4.78 is 71.9. The summed E-state index contributed by atoms with van der Waals surface area (Å²) in [6, 6.07) is 9.17. The van der Waals surface area contributed by atoms with Crippen LogP contribution in [0.5, 0.6) is 0 Å². The molecule has 2 rings (SSSR count). The van der Waals surface area contributed by atoms with Gasteiger partial charge < -0.3 is 14.2 Å². The average molecular weight is 410 g/mol. The Balaban J connectivity index is 2.18. The molecule has 0 aliphatic carbocycles. The molecule has 0 amide bonds. The monoisotopic (exact) mass is 410 g/mol. The van der Waals surface area contributed by atoms with Crippen LogP contribution in [-0.2, 0) is 49.4 Å². The molecule has 26 heavy (non-hydrogen) atoms.